The number of carbonyl (C=O) groups excluding carboxylic acids is 1. The number of phosphoric ester groups is 1. The van der Waals surface area contributed by atoms with Gasteiger partial charge in [-0.1, -0.05) is 263 Å². The Morgan fingerprint density at radius 2 is 0.803 bits per heavy atom. The van der Waals surface area contributed by atoms with Gasteiger partial charge in [0.15, 0.2) is 0 Å². The van der Waals surface area contributed by atoms with Gasteiger partial charge in [0.05, 0.1) is 39.9 Å². The van der Waals surface area contributed by atoms with Gasteiger partial charge >= 0.3 is 0 Å². The fourth-order valence-corrected chi connectivity index (χ4v) is 8.84. The lowest BCUT2D eigenvalue weighted by Crippen LogP contribution is -2.45. The van der Waals surface area contributed by atoms with Crippen LogP contribution in [-0.4, -0.2) is 68.5 Å². The predicted molar refractivity (Wildman–Crippen MR) is 329 cm³/mol. The molecule has 0 rings (SSSR count). The highest BCUT2D eigenvalue weighted by Crippen LogP contribution is 2.38. The Bertz CT molecular complexity index is 1700. The number of hydrogen-bond donors (Lipinski definition) is 2. The molecule has 0 heterocycles. The molecular formula is C67H115N2O6P. The Morgan fingerprint density at radius 1 is 0.474 bits per heavy atom. The Labute approximate surface area is 468 Å². The van der Waals surface area contributed by atoms with Gasteiger partial charge in [-0.05, 0) is 96.3 Å². The van der Waals surface area contributed by atoms with Gasteiger partial charge in [-0.15, -0.1) is 0 Å². The molecule has 0 aliphatic carbocycles. The number of carbonyl (C=O) groups is 1. The van der Waals surface area contributed by atoms with E-state index in [0.29, 0.717) is 17.4 Å². The van der Waals surface area contributed by atoms with Crippen LogP contribution in [0.3, 0.4) is 0 Å². The fraction of sp³-hybridized carbons (Fsp3) is 0.657. The van der Waals surface area contributed by atoms with Crippen LogP contribution in [0, 0.1) is 0 Å². The van der Waals surface area contributed by atoms with Crippen molar-refractivity contribution in [1.29, 1.82) is 0 Å². The molecule has 9 heteroatoms. The maximum absolute atomic E-state index is 13.0. The van der Waals surface area contributed by atoms with Crippen LogP contribution in [0.15, 0.2) is 134 Å². The van der Waals surface area contributed by atoms with Crippen LogP contribution in [-0.2, 0) is 18.4 Å². The molecule has 3 atom stereocenters. The van der Waals surface area contributed by atoms with Crippen LogP contribution < -0.4 is 10.2 Å². The van der Waals surface area contributed by atoms with E-state index in [1.807, 2.05) is 27.2 Å². The summed E-state index contributed by atoms with van der Waals surface area (Å²) in [6.45, 7) is 4.52. The van der Waals surface area contributed by atoms with Crippen molar-refractivity contribution in [1.82, 2.24) is 5.32 Å². The van der Waals surface area contributed by atoms with Gasteiger partial charge in [0, 0.05) is 6.42 Å². The van der Waals surface area contributed by atoms with E-state index >= 15 is 0 Å². The number of allylic oxidation sites excluding steroid dienone is 21. The second kappa shape index (κ2) is 56.4. The van der Waals surface area contributed by atoms with Gasteiger partial charge < -0.3 is 28.8 Å². The summed E-state index contributed by atoms with van der Waals surface area (Å²) in [6, 6.07) is -0.900. The molecule has 0 bridgehead atoms. The van der Waals surface area contributed by atoms with Crippen LogP contribution in [0.4, 0.5) is 0 Å². The number of phosphoric acid groups is 1. The topological polar surface area (TPSA) is 108 Å². The van der Waals surface area contributed by atoms with E-state index < -0.39 is 26.6 Å². The lowest BCUT2D eigenvalue weighted by molar-refractivity contribution is -0.870. The van der Waals surface area contributed by atoms with E-state index in [-0.39, 0.29) is 12.5 Å². The number of likely N-dealkylation sites (N-methyl/N-ethyl adjacent to an activating group) is 1. The summed E-state index contributed by atoms with van der Waals surface area (Å²) in [6.07, 6.45) is 85.3. The molecule has 0 aliphatic heterocycles. The predicted octanol–water partition coefficient (Wildman–Crippen LogP) is 18.5. The maximum Gasteiger partial charge on any atom is 0.268 e. The van der Waals surface area contributed by atoms with E-state index in [1.165, 1.54) is 96.3 Å². The number of aliphatic hydroxyl groups is 1. The minimum Gasteiger partial charge on any atom is -0.756 e. The summed E-state index contributed by atoms with van der Waals surface area (Å²) in [5, 5.41) is 13.9. The number of aliphatic hydroxyl groups excluding tert-OH is 1. The molecule has 3 unspecified atom stereocenters. The number of amides is 1. The molecule has 0 radical (unpaired) electrons. The Morgan fingerprint density at radius 3 is 1.17 bits per heavy atom. The van der Waals surface area contributed by atoms with Crippen molar-refractivity contribution < 1.29 is 32.9 Å². The van der Waals surface area contributed by atoms with Crippen LogP contribution in [0.5, 0.6) is 0 Å². The molecule has 0 aliphatic rings. The number of rotatable bonds is 54. The fourth-order valence-electron chi connectivity index (χ4n) is 8.12. The van der Waals surface area contributed by atoms with Gasteiger partial charge in [0.1, 0.15) is 13.2 Å². The van der Waals surface area contributed by atoms with Crippen LogP contribution in [0.1, 0.15) is 232 Å². The van der Waals surface area contributed by atoms with Crippen LogP contribution in [0.25, 0.3) is 0 Å². The summed E-state index contributed by atoms with van der Waals surface area (Å²) < 4.78 is 23.3. The highest BCUT2D eigenvalue weighted by atomic mass is 31.2. The lowest BCUT2D eigenvalue weighted by Gasteiger charge is -2.29. The molecule has 0 saturated heterocycles. The summed E-state index contributed by atoms with van der Waals surface area (Å²) >= 11 is 0. The minimum atomic E-state index is -4.61. The summed E-state index contributed by atoms with van der Waals surface area (Å²) in [5.41, 5.74) is 0. The number of nitrogens with one attached hydrogen (secondary N) is 1. The normalized spacial score (nSPS) is 14.8. The number of hydrogen-bond acceptors (Lipinski definition) is 6. The van der Waals surface area contributed by atoms with E-state index in [2.05, 4.69) is 141 Å². The van der Waals surface area contributed by atoms with Crippen molar-refractivity contribution in [2.75, 3.05) is 40.9 Å². The zero-order valence-electron chi connectivity index (χ0n) is 49.4. The Balaban J connectivity index is 4.15. The van der Waals surface area contributed by atoms with Crippen molar-refractivity contribution in [2.45, 2.75) is 244 Å². The minimum absolute atomic E-state index is 0.00889. The summed E-state index contributed by atoms with van der Waals surface area (Å²) in [5.74, 6) is -0.211. The quantitative estimate of drug-likeness (QED) is 0.0272. The Hall–Kier alpha value is -3.36. The largest absolute Gasteiger partial charge is 0.756 e. The first-order valence-corrected chi connectivity index (χ1v) is 32.0. The van der Waals surface area contributed by atoms with Crippen molar-refractivity contribution in [3.8, 4) is 0 Å². The highest BCUT2D eigenvalue weighted by molar-refractivity contribution is 7.45. The average Bonchev–Trinajstić information content (AvgIpc) is 3.38. The molecule has 76 heavy (non-hydrogen) atoms. The van der Waals surface area contributed by atoms with Gasteiger partial charge in [-0.3, -0.25) is 9.36 Å². The maximum atomic E-state index is 13.0. The first kappa shape index (κ1) is 72.6. The zero-order chi connectivity index (χ0) is 55.6. The second-order valence-electron chi connectivity index (χ2n) is 21.3. The standard InChI is InChI=1S/C67H115N2O6P/c1-6-8-10-12-14-16-18-20-22-23-24-25-26-27-28-29-30-31-32-33-34-35-36-37-38-39-40-41-42-43-44-45-47-49-51-53-55-57-59-61-67(71)68-65(64-75-76(72,73)74-63-62-69(3,4)5)66(70)60-58-56-54-52-50-48-46-21-19-17-15-13-11-9-7-2/h8,10,14,16,20,22,24-25,27-28,30-31,33-34,36-37,39-40,42-43,58,60,65-66,70H,6-7,9,11-13,15,17-19,21,23,26,29,32,35,38,41,44-57,59,61-64H2,1-5H3,(H-,68,71,72,73)/b10-8-,16-14-,22-20-,25-24-,28-27-,31-30-,34-33-,37-36-,40-39-,43-42-,60-58+. The van der Waals surface area contributed by atoms with Gasteiger partial charge in [0.25, 0.3) is 7.82 Å². The summed E-state index contributed by atoms with van der Waals surface area (Å²) in [7, 11) is 1.24. The third-order valence-corrected chi connectivity index (χ3v) is 13.8. The molecule has 0 spiro atoms. The van der Waals surface area contributed by atoms with E-state index in [1.54, 1.807) is 6.08 Å². The van der Waals surface area contributed by atoms with E-state index in [4.69, 9.17) is 9.05 Å². The van der Waals surface area contributed by atoms with E-state index in [9.17, 15) is 19.4 Å². The number of quaternary nitrogens is 1. The van der Waals surface area contributed by atoms with Gasteiger partial charge in [-0.2, -0.15) is 0 Å². The van der Waals surface area contributed by atoms with Crippen molar-refractivity contribution in [3.63, 3.8) is 0 Å². The molecule has 0 saturated carbocycles. The first-order chi connectivity index (χ1) is 37.0. The molecule has 0 fully saturated rings. The molecule has 2 N–H and O–H groups in total. The third-order valence-electron chi connectivity index (χ3n) is 12.9. The molecule has 0 aromatic rings. The molecular weight excluding hydrogens is 960 g/mol. The van der Waals surface area contributed by atoms with Crippen molar-refractivity contribution in [3.05, 3.63) is 134 Å². The first-order valence-electron chi connectivity index (χ1n) is 30.5. The SMILES string of the molecule is CC/C=C\C/C=C\C/C=C\C/C=C\C/C=C\C/C=C\C/C=C\C/C=C\C/C=C\C/C=C\CCCCCCCCCCC(=O)NC(COP(=O)([O-])OCC[N+](C)(C)C)C(O)/C=C/CCCCCCCCCCCCCCC. The molecule has 1 amide bonds. The number of unbranched alkanes of at least 4 members (excludes halogenated alkanes) is 21. The monoisotopic (exact) mass is 1070 g/mol. The third kappa shape index (κ3) is 58.3. The van der Waals surface area contributed by atoms with Crippen molar-refractivity contribution >= 4 is 13.7 Å². The lowest BCUT2D eigenvalue weighted by atomic mass is 10.0. The molecule has 0 aromatic carbocycles. The molecule has 8 nitrogen and oxygen atoms in total. The summed E-state index contributed by atoms with van der Waals surface area (Å²) in [4.78, 5) is 25.5. The molecule has 0 aromatic heterocycles. The van der Waals surface area contributed by atoms with Crippen molar-refractivity contribution in [2.24, 2.45) is 0 Å². The second-order valence-corrected chi connectivity index (χ2v) is 22.7. The average molecular weight is 1080 g/mol. The van der Waals surface area contributed by atoms with Crippen LogP contribution >= 0.6 is 7.82 Å². The Kier molecular flexibility index (Phi) is 53.9. The molecule has 434 valence electrons. The highest BCUT2D eigenvalue weighted by Gasteiger charge is 2.23. The van der Waals surface area contributed by atoms with Crippen LogP contribution in [0.2, 0.25) is 0 Å². The van der Waals surface area contributed by atoms with Gasteiger partial charge in [0.2, 0.25) is 5.91 Å². The van der Waals surface area contributed by atoms with Gasteiger partial charge in [-0.25, -0.2) is 0 Å². The smallest absolute Gasteiger partial charge is 0.268 e. The zero-order valence-corrected chi connectivity index (χ0v) is 50.3. The van der Waals surface area contributed by atoms with E-state index in [0.717, 1.165) is 116 Å². The number of nitrogens with zero attached hydrogens (tertiary/aromatic N) is 1.